The molecular formula is C27H33BN2O4. The Morgan fingerprint density at radius 1 is 1.21 bits per heavy atom. The average molecular weight is 460 g/mol. The lowest BCUT2D eigenvalue weighted by atomic mass is 9.82. The number of amides is 1. The third kappa shape index (κ3) is 4.17. The van der Waals surface area contributed by atoms with Crippen LogP contribution in [-0.4, -0.2) is 30.8 Å². The van der Waals surface area contributed by atoms with Gasteiger partial charge in [0.2, 0.25) is 12.7 Å². The summed E-state index contributed by atoms with van der Waals surface area (Å²) in [6, 6.07) is 8.39. The van der Waals surface area contributed by atoms with Gasteiger partial charge in [-0.1, -0.05) is 26.8 Å². The first kappa shape index (κ1) is 22.8. The van der Waals surface area contributed by atoms with Crippen molar-refractivity contribution in [3.8, 4) is 0 Å². The van der Waals surface area contributed by atoms with E-state index >= 15 is 0 Å². The van der Waals surface area contributed by atoms with E-state index in [4.69, 9.17) is 9.47 Å². The van der Waals surface area contributed by atoms with Crippen LogP contribution in [0.15, 0.2) is 47.9 Å². The fourth-order valence-corrected chi connectivity index (χ4v) is 5.32. The molecule has 1 unspecified atom stereocenters. The van der Waals surface area contributed by atoms with Crippen molar-refractivity contribution in [3.05, 3.63) is 53.6 Å². The molecule has 0 spiro atoms. The van der Waals surface area contributed by atoms with Crippen LogP contribution in [0, 0.1) is 11.3 Å². The van der Waals surface area contributed by atoms with Gasteiger partial charge in [-0.3, -0.25) is 4.79 Å². The average Bonchev–Trinajstić information content (AvgIpc) is 3.31. The van der Waals surface area contributed by atoms with E-state index in [-0.39, 0.29) is 35.1 Å². The van der Waals surface area contributed by atoms with Gasteiger partial charge in [-0.05, 0) is 61.9 Å². The Morgan fingerprint density at radius 3 is 2.71 bits per heavy atom. The van der Waals surface area contributed by atoms with Gasteiger partial charge in [-0.25, -0.2) is 0 Å². The van der Waals surface area contributed by atoms with Crippen molar-refractivity contribution in [1.82, 2.24) is 4.57 Å². The van der Waals surface area contributed by atoms with E-state index in [1.54, 1.807) is 7.85 Å². The lowest BCUT2D eigenvalue weighted by molar-refractivity contribution is -0.122. The van der Waals surface area contributed by atoms with Crippen LogP contribution in [0.1, 0.15) is 58.6 Å². The molecule has 1 atom stereocenters. The normalized spacial score (nSPS) is 20.6. The predicted molar refractivity (Wildman–Crippen MR) is 135 cm³/mol. The van der Waals surface area contributed by atoms with Gasteiger partial charge in [-0.2, -0.15) is 0 Å². The van der Waals surface area contributed by atoms with Crippen LogP contribution in [-0.2, 0) is 31.0 Å². The van der Waals surface area contributed by atoms with Crippen LogP contribution in [0.5, 0.6) is 0 Å². The number of aryl methyl sites for hydroxylation is 1. The largest absolute Gasteiger partial charge is 0.458 e. The summed E-state index contributed by atoms with van der Waals surface area (Å²) in [5.41, 5.74) is 3.03. The van der Waals surface area contributed by atoms with Crippen LogP contribution >= 0.6 is 0 Å². The van der Waals surface area contributed by atoms with Crippen molar-refractivity contribution in [1.29, 1.82) is 0 Å². The van der Waals surface area contributed by atoms with Crippen molar-refractivity contribution in [3.63, 3.8) is 0 Å². The van der Waals surface area contributed by atoms with E-state index in [1.165, 1.54) is 5.69 Å². The molecule has 2 aromatic rings. The van der Waals surface area contributed by atoms with E-state index in [0.717, 1.165) is 60.3 Å². The van der Waals surface area contributed by atoms with Gasteiger partial charge in [-0.15, -0.1) is 0 Å². The van der Waals surface area contributed by atoms with Crippen molar-refractivity contribution in [2.24, 2.45) is 11.3 Å². The van der Waals surface area contributed by atoms with Crippen LogP contribution in [0.2, 0.25) is 0 Å². The SMILES string of the molecule is BC(=O)CCCn1c(C(C)(C)C)cc2cc(NC(=O)C3(C4C=CC5=C(C4)OCO5)CC3)ccc21. The van der Waals surface area contributed by atoms with Crippen molar-refractivity contribution < 1.29 is 19.1 Å². The zero-order valence-electron chi connectivity index (χ0n) is 20.6. The van der Waals surface area contributed by atoms with Gasteiger partial charge in [0.1, 0.15) is 5.76 Å². The van der Waals surface area contributed by atoms with Gasteiger partial charge in [0.25, 0.3) is 0 Å². The lowest BCUT2D eigenvalue weighted by Crippen LogP contribution is -2.31. The minimum atomic E-state index is -0.370. The maximum absolute atomic E-state index is 13.4. The third-order valence-corrected chi connectivity index (χ3v) is 7.40. The number of allylic oxidation sites excluding steroid dienone is 3. The lowest BCUT2D eigenvalue weighted by Gasteiger charge is -2.25. The highest BCUT2D eigenvalue weighted by Gasteiger charge is 2.55. The second-order valence-electron chi connectivity index (χ2n) is 11.0. The number of aromatic nitrogens is 1. The quantitative estimate of drug-likeness (QED) is 0.623. The van der Waals surface area contributed by atoms with Crippen LogP contribution < -0.4 is 5.32 Å². The summed E-state index contributed by atoms with van der Waals surface area (Å²) in [5.74, 6) is 1.89. The molecule has 3 aliphatic rings. The Labute approximate surface area is 201 Å². The van der Waals surface area contributed by atoms with Crippen molar-refractivity contribution in [2.45, 2.75) is 64.8 Å². The maximum atomic E-state index is 13.4. The van der Waals surface area contributed by atoms with Gasteiger partial charge in [0.15, 0.2) is 13.6 Å². The molecule has 178 valence electrons. The molecular weight excluding hydrogens is 427 g/mol. The molecule has 1 aromatic heterocycles. The first-order valence-electron chi connectivity index (χ1n) is 12.3. The Kier molecular flexibility index (Phi) is 5.61. The number of carbonyl (C=O) groups is 2. The number of fused-ring (bicyclic) bond motifs is 1. The minimum absolute atomic E-state index is 0.0242. The van der Waals surface area contributed by atoms with Crippen molar-refractivity contribution in [2.75, 3.05) is 12.1 Å². The number of nitrogens with one attached hydrogen (secondary N) is 1. The van der Waals surface area contributed by atoms with E-state index in [1.807, 2.05) is 12.1 Å². The summed E-state index contributed by atoms with van der Waals surface area (Å²) in [6.07, 6.45) is 7.98. The summed E-state index contributed by atoms with van der Waals surface area (Å²) in [7, 11) is 1.65. The Bertz CT molecular complexity index is 1210. The third-order valence-electron chi connectivity index (χ3n) is 7.40. The van der Waals surface area contributed by atoms with Gasteiger partial charge < -0.3 is 24.2 Å². The fraction of sp³-hybridized carbons (Fsp3) is 0.481. The maximum Gasteiger partial charge on any atom is 0.231 e. The van der Waals surface area contributed by atoms with Crippen LogP contribution in [0.25, 0.3) is 10.9 Å². The highest BCUT2D eigenvalue weighted by Crippen LogP contribution is 2.56. The van der Waals surface area contributed by atoms with E-state index in [9.17, 15) is 9.59 Å². The molecule has 1 aromatic carbocycles. The second kappa shape index (κ2) is 8.37. The molecule has 2 heterocycles. The molecule has 0 bridgehead atoms. The molecule has 7 heteroatoms. The molecule has 0 saturated heterocycles. The second-order valence-corrected chi connectivity index (χ2v) is 11.0. The number of hydrogen-bond acceptors (Lipinski definition) is 4. The number of nitrogens with zero attached hydrogens (tertiary/aromatic N) is 1. The summed E-state index contributed by atoms with van der Waals surface area (Å²) >= 11 is 0. The molecule has 34 heavy (non-hydrogen) atoms. The molecule has 1 aliphatic heterocycles. The number of anilines is 1. The molecule has 1 N–H and O–H groups in total. The summed E-state index contributed by atoms with van der Waals surface area (Å²) < 4.78 is 13.4. The van der Waals surface area contributed by atoms with Crippen LogP contribution in [0.4, 0.5) is 5.69 Å². The molecule has 2 aliphatic carbocycles. The highest BCUT2D eigenvalue weighted by atomic mass is 16.7. The van der Waals surface area contributed by atoms with Gasteiger partial charge in [0.05, 0.1) is 11.1 Å². The molecule has 1 fully saturated rings. The summed E-state index contributed by atoms with van der Waals surface area (Å²) in [6.45, 7) is 7.70. The topological polar surface area (TPSA) is 69.6 Å². The predicted octanol–water partition coefficient (Wildman–Crippen LogP) is 4.39. The smallest absolute Gasteiger partial charge is 0.231 e. The van der Waals surface area contributed by atoms with Gasteiger partial charge in [0, 0.05) is 40.7 Å². The van der Waals surface area contributed by atoms with E-state index in [0.29, 0.717) is 6.42 Å². The molecule has 0 radical (unpaired) electrons. The van der Waals surface area contributed by atoms with E-state index < -0.39 is 0 Å². The number of benzene rings is 1. The summed E-state index contributed by atoms with van der Waals surface area (Å²) in [5, 5.41) is 4.31. The Morgan fingerprint density at radius 2 is 2.00 bits per heavy atom. The number of rotatable bonds is 7. The summed E-state index contributed by atoms with van der Waals surface area (Å²) in [4.78, 5) is 24.8. The fourth-order valence-electron chi connectivity index (χ4n) is 5.32. The first-order valence-corrected chi connectivity index (χ1v) is 12.3. The zero-order chi connectivity index (χ0) is 24.1. The molecule has 6 nitrogen and oxygen atoms in total. The molecule has 1 saturated carbocycles. The first-order chi connectivity index (χ1) is 16.2. The molecule has 1 amide bonds. The highest BCUT2D eigenvalue weighted by molar-refractivity contribution is 6.57. The number of carbonyl (C=O) groups excluding carboxylic acids is 2. The number of ether oxygens (including phenoxy) is 2. The van der Waals surface area contributed by atoms with Crippen molar-refractivity contribution >= 4 is 36.0 Å². The van der Waals surface area contributed by atoms with Gasteiger partial charge >= 0.3 is 0 Å². The Balaban J connectivity index is 1.36. The molecule has 5 rings (SSSR count). The zero-order valence-corrected chi connectivity index (χ0v) is 20.6. The monoisotopic (exact) mass is 460 g/mol. The van der Waals surface area contributed by atoms with E-state index in [2.05, 4.69) is 54.9 Å². The minimum Gasteiger partial charge on any atom is -0.458 e. The standard InChI is InChI=1S/C27H33BN2O4/c1-26(2,3)23-14-17-13-19(7-8-20(17)30(23)12-4-5-24(28)31)29-25(32)27(10-11-27)18-6-9-21-22(15-18)34-16-33-21/h6-9,13-14,18H,4-5,10-12,15-16,28H2,1-3H3,(H,29,32). The van der Waals surface area contributed by atoms with Crippen LogP contribution in [0.3, 0.4) is 0 Å². The Hall–Kier alpha value is -2.96. The number of hydrogen-bond donors (Lipinski definition) is 1.